The van der Waals surface area contributed by atoms with Crippen molar-refractivity contribution in [2.45, 2.75) is 0 Å². The molecule has 3 aromatic rings. The second-order valence-electron chi connectivity index (χ2n) is 4.76. The molecule has 24 heavy (non-hydrogen) atoms. The van der Waals surface area contributed by atoms with Gasteiger partial charge in [-0.25, -0.2) is 0 Å². The topological polar surface area (TPSA) is 117 Å². The fraction of sp³-hybridized carbons (Fsp3) is 0. The molecule has 120 valence electrons. The highest BCUT2D eigenvalue weighted by Crippen LogP contribution is 2.30. The second-order valence-corrected chi connectivity index (χ2v) is 5.17. The minimum absolute atomic E-state index is 0.00965. The van der Waals surface area contributed by atoms with E-state index in [1.165, 1.54) is 18.2 Å². The van der Waals surface area contributed by atoms with Crippen LogP contribution in [-0.2, 0) is 0 Å². The molecular weight excluding hydrogens is 334 g/mol. The largest absolute Gasteiger partial charge is 0.295 e. The minimum atomic E-state index is -0.515. The van der Waals surface area contributed by atoms with Gasteiger partial charge in [-0.1, -0.05) is 35.9 Å². The molecular formula is C15H10ClN5O3. The van der Waals surface area contributed by atoms with E-state index >= 15 is 0 Å². The Kier molecular flexibility index (Phi) is 4.21. The highest BCUT2D eigenvalue weighted by Gasteiger charge is 2.14. The van der Waals surface area contributed by atoms with Crippen LogP contribution >= 0.6 is 11.6 Å². The van der Waals surface area contributed by atoms with Crippen molar-refractivity contribution < 1.29 is 4.92 Å². The third kappa shape index (κ3) is 3.08. The van der Waals surface area contributed by atoms with Crippen molar-refractivity contribution >= 4 is 28.7 Å². The molecule has 0 aliphatic carbocycles. The molecule has 3 rings (SSSR count). The zero-order valence-electron chi connectivity index (χ0n) is 12.1. The van der Waals surface area contributed by atoms with Crippen molar-refractivity contribution in [3.63, 3.8) is 0 Å². The van der Waals surface area contributed by atoms with E-state index in [2.05, 4.69) is 20.4 Å². The predicted octanol–water partition coefficient (Wildman–Crippen LogP) is 4.35. The first-order valence-corrected chi connectivity index (χ1v) is 7.16. The van der Waals surface area contributed by atoms with Crippen molar-refractivity contribution in [2.24, 2.45) is 10.2 Å². The third-order valence-corrected chi connectivity index (χ3v) is 3.53. The van der Waals surface area contributed by atoms with E-state index in [0.717, 1.165) is 0 Å². The number of azo groups is 1. The number of nitrogens with one attached hydrogen (secondary N) is 2. The summed E-state index contributed by atoms with van der Waals surface area (Å²) in [6, 6.07) is 12.6. The van der Waals surface area contributed by atoms with Gasteiger partial charge in [0.05, 0.1) is 15.6 Å². The molecule has 0 fully saturated rings. The van der Waals surface area contributed by atoms with E-state index in [1.807, 2.05) is 0 Å². The number of aromatic nitrogens is 2. The smallest absolute Gasteiger partial charge is 0.292 e. The fourth-order valence-electron chi connectivity index (χ4n) is 2.07. The van der Waals surface area contributed by atoms with Crippen molar-refractivity contribution in [1.29, 1.82) is 0 Å². The summed E-state index contributed by atoms with van der Waals surface area (Å²) >= 11 is 5.99. The maximum absolute atomic E-state index is 11.9. The Morgan fingerprint density at radius 1 is 1.04 bits per heavy atom. The summed E-state index contributed by atoms with van der Waals surface area (Å²) in [6.45, 7) is 0. The summed E-state index contributed by atoms with van der Waals surface area (Å²) in [5, 5.41) is 24.3. The fourth-order valence-corrected chi connectivity index (χ4v) is 2.24. The highest BCUT2D eigenvalue weighted by atomic mass is 35.5. The molecule has 0 amide bonds. The number of aromatic amines is 2. The number of H-pyrrole nitrogens is 2. The van der Waals surface area contributed by atoms with Crippen molar-refractivity contribution in [3.8, 4) is 11.3 Å². The van der Waals surface area contributed by atoms with E-state index in [-0.39, 0.29) is 11.4 Å². The highest BCUT2D eigenvalue weighted by molar-refractivity contribution is 6.32. The number of hydrogen-bond donors (Lipinski definition) is 2. The van der Waals surface area contributed by atoms with Gasteiger partial charge in [0.1, 0.15) is 5.69 Å². The predicted molar refractivity (Wildman–Crippen MR) is 89.1 cm³/mol. The molecule has 0 saturated heterocycles. The van der Waals surface area contributed by atoms with Crippen molar-refractivity contribution in [3.05, 3.63) is 74.0 Å². The van der Waals surface area contributed by atoms with E-state index in [0.29, 0.717) is 22.0 Å². The SMILES string of the molecule is O=c1[nH][nH]c(-c2cccc([N+](=O)[O-])c2)c1N=Nc1ccccc1Cl. The molecule has 0 unspecified atom stereocenters. The Labute approximate surface area is 140 Å². The van der Waals surface area contributed by atoms with Gasteiger partial charge in [-0.15, -0.1) is 10.2 Å². The lowest BCUT2D eigenvalue weighted by Crippen LogP contribution is -1.96. The summed E-state index contributed by atoms with van der Waals surface area (Å²) in [5.74, 6) is 0. The summed E-state index contributed by atoms with van der Waals surface area (Å²) in [7, 11) is 0. The molecule has 0 saturated carbocycles. The molecule has 1 heterocycles. The molecule has 1 aromatic heterocycles. The number of nitro groups is 1. The van der Waals surface area contributed by atoms with E-state index in [9.17, 15) is 14.9 Å². The van der Waals surface area contributed by atoms with Gasteiger partial charge >= 0.3 is 0 Å². The Morgan fingerprint density at radius 2 is 1.83 bits per heavy atom. The monoisotopic (exact) mass is 343 g/mol. The van der Waals surface area contributed by atoms with Gasteiger partial charge in [0.25, 0.3) is 11.2 Å². The molecule has 0 aliphatic rings. The van der Waals surface area contributed by atoms with Crippen LogP contribution in [-0.4, -0.2) is 15.1 Å². The van der Waals surface area contributed by atoms with E-state index in [4.69, 9.17) is 11.6 Å². The first-order valence-electron chi connectivity index (χ1n) is 6.78. The van der Waals surface area contributed by atoms with Crippen LogP contribution in [0.4, 0.5) is 17.1 Å². The number of halogens is 1. The van der Waals surface area contributed by atoms with E-state index in [1.54, 1.807) is 30.3 Å². The molecule has 8 nitrogen and oxygen atoms in total. The van der Waals surface area contributed by atoms with Gasteiger partial charge < -0.3 is 0 Å². The lowest BCUT2D eigenvalue weighted by atomic mass is 10.1. The summed E-state index contributed by atoms with van der Waals surface area (Å²) in [4.78, 5) is 22.3. The Balaban J connectivity index is 2.04. The van der Waals surface area contributed by atoms with Crippen LogP contribution in [0.15, 0.2) is 63.6 Å². The lowest BCUT2D eigenvalue weighted by Gasteiger charge is -1.99. The zero-order valence-corrected chi connectivity index (χ0v) is 12.8. The maximum atomic E-state index is 11.9. The van der Waals surface area contributed by atoms with Gasteiger partial charge in [0.2, 0.25) is 0 Å². The van der Waals surface area contributed by atoms with Crippen LogP contribution in [0.3, 0.4) is 0 Å². The van der Waals surface area contributed by atoms with Crippen LogP contribution in [0.2, 0.25) is 5.02 Å². The van der Waals surface area contributed by atoms with Gasteiger partial charge in [0, 0.05) is 17.7 Å². The molecule has 2 aromatic carbocycles. The quantitative estimate of drug-likeness (QED) is 0.416. The van der Waals surface area contributed by atoms with Crippen LogP contribution in [0.25, 0.3) is 11.3 Å². The molecule has 0 radical (unpaired) electrons. The van der Waals surface area contributed by atoms with Gasteiger partial charge in [-0.2, -0.15) is 0 Å². The molecule has 0 bridgehead atoms. The van der Waals surface area contributed by atoms with Gasteiger partial charge in [-0.3, -0.25) is 25.1 Å². The van der Waals surface area contributed by atoms with E-state index < -0.39 is 10.5 Å². The van der Waals surface area contributed by atoms with Gasteiger partial charge in [-0.05, 0) is 12.1 Å². The second kappa shape index (κ2) is 6.47. The zero-order chi connectivity index (χ0) is 17.1. The summed E-state index contributed by atoms with van der Waals surface area (Å²) in [6.07, 6.45) is 0. The Morgan fingerprint density at radius 3 is 2.58 bits per heavy atom. The van der Waals surface area contributed by atoms with Crippen LogP contribution in [0, 0.1) is 10.1 Å². The standard InChI is InChI=1S/C15H10ClN5O3/c16-11-6-1-2-7-12(11)17-19-14-13(18-20-15(14)22)9-4-3-5-10(8-9)21(23)24/h1-8H,(H2,18,20,22). The number of nitrogens with zero attached hydrogens (tertiary/aromatic N) is 3. The number of non-ortho nitro benzene ring substituents is 1. The molecule has 0 aliphatic heterocycles. The third-order valence-electron chi connectivity index (χ3n) is 3.21. The average Bonchev–Trinajstić information content (AvgIpc) is 2.95. The minimum Gasteiger partial charge on any atom is -0.295 e. The molecule has 0 atom stereocenters. The molecule has 2 N–H and O–H groups in total. The maximum Gasteiger partial charge on any atom is 0.292 e. The number of rotatable bonds is 4. The summed E-state index contributed by atoms with van der Waals surface area (Å²) in [5.41, 5.74) is 0.575. The van der Waals surface area contributed by atoms with Crippen LogP contribution in [0.1, 0.15) is 0 Å². The number of benzene rings is 2. The summed E-state index contributed by atoms with van der Waals surface area (Å²) < 4.78 is 0. The van der Waals surface area contributed by atoms with Crippen molar-refractivity contribution in [2.75, 3.05) is 0 Å². The molecule has 9 heteroatoms. The van der Waals surface area contributed by atoms with Crippen LogP contribution < -0.4 is 5.56 Å². The molecule has 0 spiro atoms. The Bertz CT molecular complexity index is 993. The van der Waals surface area contributed by atoms with Crippen LogP contribution in [0.5, 0.6) is 0 Å². The van der Waals surface area contributed by atoms with Gasteiger partial charge in [0.15, 0.2) is 5.69 Å². The Hall–Kier alpha value is -3.26. The first kappa shape index (κ1) is 15.6. The first-order chi connectivity index (χ1) is 11.6. The lowest BCUT2D eigenvalue weighted by molar-refractivity contribution is -0.384. The normalized spacial score (nSPS) is 11.0. The van der Waals surface area contributed by atoms with Crippen molar-refractivity contribution in [1.82, 2.24) is 10.2 Å². The number of nitro benzene ring substituents is 1. The average molecular weight is 344 g/mol. The number of hydrogen-bond acceptors (Lipinski definition) is 5.